The second-order valence-electron chi connectivity index (χ2n) is 44.8. The standard InChI is InChI=1S/C36H47N5O9S.C35H45N5O9S.C35H47N5O8S/c1-2-25-18-36(25,33(44)39-51(47,48)27-14-15-27)38-31(42)29-17-26-20-41(29)32(43)30(23-10-4-3-5-11-23)37-34(45)49-16-7-6-9-22-12-8-13-24-19-40(21-28(22)24)35(46)50-26;1-2-24-17-35(24,32(43)38-50(46,47)26-13-14-26)37-30(41)28-16-25-19-40(28)31(42)29(22-9-3-4-10-22)36-33(44)48-15-6-5-8-21-11-7-12-23-18-39(20-27(21)23)34(45)49-25;1-5-23-17-35(23,32(44)38-49(46,47)25-14-15-25)37-30(42)27-16-24-19-40(27)31(43)29(34(2,3)4)36-28(41)13-8-6-7-10-21-11-9-12-22-18-39(20-26(21)22)33(45)48-24/h2,8,12-13,23,25-27,29-30H,1,3-7,9-11,14-21H2,(H,37,45)(H,38,42)(H,39,44);2,7,11-12,22,24-26,28-29H,1,3-6,8-10,13-20H2,(H,36,44)(H,37,41)(H,38,43);5,9,11-12,23-25,27,29H,1,6-8,10,13-20H2,2-4H3,(H,36,41)(H,37,42)(H,38,44)/t25-,26-,29+,30+,36-;24-,25-,28+,29+,35-;23-,24-,27+,29-,35-/m111/s1. The number of hydrogen-bond acceptors (Lipinski definition) is 26. The average molecular weight is 2140 g/mol. The maximum absolute atomic E-state index is 14.5. The molecule has 20 rings (SSSR count). The van der Waals surface area contributed by atoms with Gasteiger partial charge in [-0.1, -0.05) is 132 Å². The lowest BCUT2D eigenvalue weighted by Gasteiger charge is -2.35. The molecule has 8 saturated carbocycles. The van der Waals surface area contributed by atoms with Crippen LogP contribution >= 0.6 is 0 Å². The predicted octanol–water partition coefficient (Wildman–Crippen LogP) is 7.61. The van der Waals surface area contributed by atoms with Gasteiger partial charge in [-0.15, -0.1) is 19.7 Å². The Hall–Kier alpha value is -12.2. The molecule has 41 nitrogen and oxygen atoms in total. The summed E-state index contributed by atoms with van der Waals surface area (Å²) >= 11 is 0. The summed E-state index contributed by atoms with van der Waals surface area (Å²) in [5, 5.41) is 14.9. The summed E-state index contributed by atoms with van der Waals surface area (Å²) in [6, 6.07) is 11.6. The molecule has 0 aromatic heterocycles. The molecule has 15 atom stereocenters. The Morgan fingerprint density at radius 3 is 0.993 bits per heavy atom. The van der Waals surface area contributed by atoms with Crippen LogP contribution < -0.4 is 46.1 Å². The van der Waals surface area contributed by atoms with E-state index in [4.69, 9.17) is 23.7 Å². The third-order valence-corrected chi connectivity index (χ3v) is 38.6. The van der Waals surface area contributed by atoms with Gasteiger partial charge in [-0.05, 0) is 209 Å². The van der Waals surface area contributed by atoms with Crippen LogP contribution in [0.4, 0.5) is 24.0 Å². The van der Waals surface area contributed by atoms with Gasteiger partial charge in [0.05, 0.1) is 48.6 Å². The largest absolute Gasteiger partial charge is 0.450 e. The molecule has 3 aromatic carbocycles. The second-order valence-corrected chi connectivity index (χ2v) is 50.7. The lowest BCUT2D eigenvalue weighted by Crippen LogP contribution is -2.60. The zero-order chi connectivity index (χ0) is 106. The lowest BCUT2D eigenvalue weighted by molar-refractivity contribution is -0.144. The molecule has 17 aliphatic rings. The molecule has 8 aliphatic carbocycles. The minimum atomic E-state index is -3.90. The van der Waals surface area contributed by atoms with E-state index in [1.54, 1.807) is 14.7 Å². The van der Waals surface area contributed by atoms with Crippen molar-refractivity contribution in [1.82, 2.24) is 75.5 Å². The minimum absolute atomic E-state index is 0.0447. The van der Waals surface area contributed by atoms with Crippen molar-refractivity contribution in [1.29, 1.82) is 0 Å². The molecule has 0 spiro atoms. The molecule has 9 heterocycles. The van der Waals surface area contributed by atoms with Gasteiger partial charge in [-0.3, -0.25) is 76.8 Å². The minimum Gasteiger partial charge on any atom is -0.450 e. The van der Waals surface area contributed by atoms with Crippen molar-refractivity contribution >= 4 is 120 Å². The number of amides is 15. The predicted molar refractivity (Wildman–Crippen MR) is 541 cm³/mol. The highest BCUT2D eigenvalue weighted by molar-refractivity contribution is 7.91. The van der Waals surface area contributed by atoms with Gasteiger partial charge < -0.3 is 70.3 Å². The Morgan fingerprint density at radius 2 is 0.680 bits per heavy atom. The highest BCUT2D eigenvalue weighted by Crippen LogP contribution is 2.50. The van der Waals surface area contributed by atoms with Crippen LogP contribution in [0.25, 0.3) is 0 Å². The van der Waals surface area contributed by atoms with Crippen LogP contribution in [0.1, 0.15) is 257 Å². The Balaban J connectivity index is 0.000000147. The van der Waals surface area contributed by atoms with Crippen molar-refractivity contribution in [2.45, 2.75) is 352 Å². The molecule has 0 radical (unpaired) electrons. The molecule has 11 fully saturated rings. The number of rotatable bonds is 20. The maximum Gasteiger partial charge on any atom is 0.410 e. The van der Waals surface area contributed by atoms with Crippen LogP contribution in [0, 0.1) is 35.0 Å². The van der Waals surface area contributed by atoms with E-state index >= 15 is 0 Å². The van der Waals surface area contributed by atoms with Crippen LogP contribution in [-0.2, 0) is 160 Å². The summed E-state index contributed by atoms with van der Waals surface area (Å²) < 4.78 is 111. The zero-order valence-electron chi connectivity index (χ0n) is 85.3. The third-order valence-electron chi connectivity index (χ3n) is 33.1. The van der Waals surface area contributed by atoms with Crippen molar-refractivity contribution in [3.05, 3.63) is 143 Å². The average Bonchev–Trinajstić information content (AvgIpc) is 1.58. The molecular formula is C106H139N15O26S3. The van der Waals surface area contributed by atoms with E-state index in [9.17, 15) is 97.2 Å². The summed E-state index contributed by atoms with van der Waals surface area (Å²) in [6.07, 6.45) is 16.9. The maximum atomic E-state index is 14.5. The number of benzene rings is 3. The van der Waals surface area contributed by atoms with Crippen molar-refractivity contribution in [2.24, 2.45) is 35.0 Å². The summed E-state index contributed by atoms with van der Waals surface area (Å²) in [7, 11) is -11.7. The number of cyclic esters (lactones) is 2. The van der Waals surface area contributed by atoms with E-state index in [0.29, 0.717) is 123 Å². The van der Waals surface area contributed by atoms with E-state index in [2.05, 4.69) is 71.9 Å². The number of nitrogens with zero attached hydrogens (tertiary/aromatic N) is 6. The topological polar surface area (TPSA) is 532 Å². The van der Waals surface area contributed by atoms with Gasteiger partial charge in [0.1, 0.15) is 71.2 Å². The fraction of sp³-hybridized carbons (Fsp3) is 0.632. The van der Waals surface area contributed by atoms with Gasteiger partial charge >= 0.3 is 30.5 Å². The molecule has 0 unspecified atom stereocenters. The monoisotopic (exact) mass is 2130 g/mol. The first-order valence-electron chi connectivity index (χ1n) is 53.4. The van der Waals surface area contributed by atoms with Crippen molar-refractivity contribution < 1.29 is 121 Å². The highest BCUT2D eigenvalue weighted by atomic mass is 32.2. The van der Waals surface area contributed by atoms with Gasteiger partial charge in [0.25, 0.3) is 17.7 Å². The summed E-state index contributed by atoms with van der Waals surface area (Å²) in [5.74, 6) is -8.30. The SMILES string of the molecule is C=C[C@@H]1C[C@]1(NC(=O)[C@@H]1C[C@@H]2CN1C(=O)[C@H](C(C)(C)C)NC(=O)CCCCCc1cccc3c1CN(C3)C(=O)O2)C(=O)NS(=O)(=O)C1CC1.C=C[C@@H]1C[C@]1(NC(=O)[C@@H]1C[C@@H]2CN1C(=O)[C@H](C1CCCC1)NC(=O)OCCCCc1cccc3c1CN(C3)C(=O)O2)C(=O)NS(=O)(=O)C1CC1.C=C[C@@H]1C[C@]1(NC(=O)[C@@H]1C[C@@H]2CN1C(=O)[C@H](C1CCCCC1)NC(=O)OCCCCc1cccc3c1CN(C3)C(=O)O2)C(=O)NS(=O)(=O)C1CC1. The highest BCUT2D eigenvalue weighted by Gasteiger charge is 2.66. The van der Waals surface area contributed by atoms with Crippen LogP contribution in [0.5, 0.6) is 0 Å². The molecule has 3 saturated heterocycles. The van der Waals surface area contributed by atoms with E-state index < -0.39 is 224 Å². The fourth-order valence-corrected chi connectivity index (χ4v) is 27.7. The normalized spacial score (nSPS) is 30.0. The smallest absolute Gasteiger partial charge is 0.410 e. The molecule has 44 heteroatoms. The molecule has 9 N–H and O–H groups in total. The Labute approximate surface area is 873 Å². The fourth-order valence-electron chi connectivity index (χ4n) is 23.6. The molecule has 9 aliphatic heterocycles. The Bertz CT molecular complexity index is 6230. The molecule has 812 valence electrons. The second kappa shape index (κ2) is 43.9. The molecule has 12 bridgehead atoms. The number of aryl methyl sites for hydroxylation is 3. The van der Waals surface area contributed by atoms with Crippen LogP contribution in [0.15, 0.2) is 92.6 Å². The Kier molecular flexibility index (Phi) is 31.5. The third kappa shape index (κ3) is 23.7. The summed E-state index contributed by atoms with van der Waals surface area (Å²) in [4.78, 5) is 215. The number of sulfonamides is 3. The van der Waals surface area contributed by atoms with E-state index in [1.807, 2.05) is 69.3 Å². The first kappa shape index (κ1) is 108. The van der Waals surface area contributed by atoms with Gasteiger partial charge in [0, 0.05) is 82.7 Å². The quantitative estimate of drug-likeness (QED) is 0.0388. The number of carbonyl (C=O) groups excluding carboxylic acids is 15. The number of hydrogen-bond donors (Lipinski definition) is 9. The molecule has 3 aromatic rings. The van der Waals surface area contributed by atoms with Crippen molar-refractivity contribution in [3.8, 4) is 0 Å². The van der Waals surface area contributed by atoms with Crippen molar-refractivity contribution in [3.63, 3.8) is 0 Å². The molecular weight excluding hydrogens is 2000 g/mol. The molecule has 150 heavy (non-hydrogen) atoms. The number of alkyl carbamates (subject to hydrolysis) is 2. The first-order chi connectivity index (χ1) is 71.6. The summed E-state index contributed by atoms with van der Waals surface area (Å²) in [5.41, 5.74) is 4.37. The number of nitrogens with one attached hydrogen (secondary N) is 9. The van der Waals surface area contributed by atoms with E-state index in [1.165, 1.54) is 38.5 Å². The molecule has 15 amide bonds. The van der Waals surface area contributed by atoms with E-state index in [0.717, 1.165) is 122 Å². The van der Waals surface area contributed by atoms with Crippen LogP contribution in [0.2, 0.25) is 0 Å². The van der Waals surface area contributed by atoms with Gasteiger partial charge in [0.15, 0.2) is 0 Å². The Morgan fingerprint density at radius 1 is 0.380 bits per heavy atom. The van der Waals surface area contributed by atoms with Gasteiger partial charge in [-0.2, -0.15) is 0 Å². The van der Waals surface area contributed by atoms with Gasteiger partial charge in [0.2, 0.25) is 71.4 Å². The zero-order valence-corrected chi connectivity index (χ0v) is 87.7. The summed E-state index contributed by atoms with van der Waals surface area (Å²) in [6.45, 7) is 19.0. The number of fused-ring (bicyclic) bond motifs is 9. The van der Waals surface area contributed by atoms with Crippen molar-refractivity contribution in [2.75, 3.05) is 32.8 Å². The van der Waals surface area contributed by atoms with Crippen LogP contribution in [-0.4, -0.2) is 264 Å². The van der Waals surface area contributed by atoms with Gasteiger partial charge in [-0.25, -0.2) is 49.2 Å². The number of carbonyl (C=O) groups is 15. The lowest BCUT2D eigenvalue weighted by atomic mass is 9.83. The first-order valence-corrected chi connectivity index (χ1v) is 58.0. The van der Waals surface area contributed by atoms with E-state index in [-0.39, 0.29) is 95.5 Å². The van der Waals surface area contributed by atoms with Crippen LogP contribution in [0.3, 0.4) is 0 Å². The number of ether oxygens (including phenoxy) is 5.